The van der Waals surface area contributed by atoms with Gasteiger partial charge in [0.1, 0.15) is 17.1 Å². The van der Waals surface area contributed by atoms with Crippen molar-refractivity contribution in [2.45, 2.75) is 37.1 Å². The third kappa shape index (κ3) is 6.28. The van der Waals surface area contributed by atoms with E-state index in [1.807, 2.05) is 0 Å². The van der Waals surface area contributed by atoms with Gasteiger partial charge in [-0.2, -0.15) is 79.0 Å². The molecule has 0 N–H and O–H groups in total. The molecule has 3 aromatic rings. The maximum atomic E-state index is 13.9. The first-order valence-corrected chi connectivity index (χ1v) is 11.0. The minimum atomic E-state index is -6.34. The summed E-state index contributed by atoms with van der Waals surface area (Å²) in [5.41, 5.74) is -17.9. The Morgan fingerprint density at radius 3 is 0.698 bits per heavy atom. The van der Waals surface area contributed by atoms with E-state index >= 15 is 0 Å². The molecular weight excluding hydrogens is 723 g/mol. The predicted molar refractivity (Wildman–Crippen MR) is 105 cm³/mol. The average molecular weight is 724 g/mol. The van der Waals surface area contributed by atoms with E-state index in [-0.39, 0.29) is 0 Å². The van der Waals surface area contributed by atoms with Crippen molar-refractivity contribution < 1.29 is 79.0 Å². The molecule has 28 heteroatoms. The lowest BCUT2D eigenvalue weighted by atomic mass is 9.92. The Hall–Kier alpha value is -2.70. The molecule has 0 saturated carbocycles. The third-order valence-electron chi connectivity index (χ3n) is 5.10. The Morgan fingerprint density at radius 1 is 0.372 bits per heavy atom. The molecule has 43 heavy (non-hydrogen) atoms. The van der Waals surface area contributed by atoms with Crippen LogP contribution in [0.5, 0.6) is 0 Å². The second-order valence-corrected chi connectivity index (χ2v) is 9.08. The highest BCUT2D eigenvalue weighted by Gasteiger charge is 2.52. The number of nitrogens with zero attached hydrogens (tertiary/aromatic N) is 6. The molecule has 3 rings (SSSR count). The molecule has 3 heterocycles. The van der Waals surface area contributed by atoms with Crippen LogP contribution in [0.1, 0.15) is 34.2 Å². The molecule has 0 aliphatic carbocycles. The van der Waals surface area contributed by atoms with Crippen LogP contribution in [0.25, 0.3) is 0 Å². The monoisotopic (exact) mass is 723 g/mol. The van der Waals surface area contributed by atoms with Gasteiger partial charge >= 0.3 is 44.2 Å². The highest BCUT2D eigenvalue weighted by atomic mass is 35.5. The summed E-state index contributed by atoms with van der Waals surface area (Å²) in [6, 6.07) is 0. The Labute approximate surface area is 236 Å². The van der Waals surface area contributed by atoms with Gasteiger partial charge in [0.15, 0.2) is 17.1 Å². The fraction of sp³-hybridized carbons (Fsp3) is 0.400. The van der Waals surface area contributed by atoms with Gasteiger partial charge in [0.25, 0.3) is 0 Å². The van der Waals surface area contributed by atoms with Gasteiger partial charge in [-0.1, -0.05) is 34.8 Å². The molecule has 0 fully saturated rings. The van der Waals surface area contributed by atoms with E-state index in [0.29, 0.717) is 0 Å². The van der Waals surface area contributed by atoms with Crippen LogP contribution in [0.3, 0.4) is 0 Å². The van der Waals surface area contributed by atoms with Crippen LogP contribution in [-0.2, 0) is 37.1 Å². The molecule has 0 aliphatic heterocycles. The highest BCUT2D eigenvalue weighted by molar-refractivity contribution is 6.54. The standard InChI is InChI=1S/C15HBCl3F18N6/c17-1-4(10(20,21)22)38-41(7(1)13(29,30)31)16(42-8(14(32,33)34)2(18)5(39-42)11(23,24)25)43-9(15(35,36)37)3(19)6(40-43)12(26,27)28/h16H/q-1. The SMILES string of the molecule is FC(F)(F)c1nn([BH-](n2nc(C(F)(F)F)c(Cl)c2C(F)(F)F)n2nc(C(F)(F)F)c(Cl)c2C(F)(F)F)c(C(F)(F)F)c1Cl. The Kier molecular flexibility index (Phi) is 8.23. The van der Waals surface area contributed by atoms with Crippen LogP contribution < -0.4 is 0 Å². The predicted octanol–water partition coefficient (Wildman–Crippen LogP) is 8.01. The summed E-state index contributed by atoms with van der Waals surface area (Å²) in [6.07, 6.45) is -37.3. The summed E-state index contributed by atoms with van der Waals surface area (Å²) in [6.45, 7) is 0. The zero-order valence-electron chi connectivity index (χ0n) is 18.8. The molecule has 0 spiro atoms. The first-order valence-electron chi connectivity index (χ1n) is 9.86. The molecule has 3 aromatic heterocycles. The molecule has 0 saturated heterocycles. The van der Waals surface area contributed by atoms with Crippen LogP contribution in [-0.4, -0.2) is 36.2 Å². The van der Waals surface area contributed by atoms with E-state index in [0.717, 1.165) is 0 Å². The number of aromatic nitrogens is 6. The fourth-order valence-electron chi connectivity index (χ4n) is 3.67. The van der Waals surface area contributed by atoms with Crippen molar-refractivity contribution in [2.24, 2.45) is 0 Å². The van der Waals surface area contributed by atoms with Crippen molar-refractivity contribution in [1.82, 2.24) is 29.1 Å². The molecule has 0 unspecified atom stereocenters. The number of halogens is 21. The van der Waals surface area contributed by atoms with Gasteiger partial charge in [-0.3, -0.25) is 0 Å². The topological polar surface area (TPSA) is 53.5 Å². The van der Waals surface area contributed by atoms with Crippen LogP contribution in [0.2, 0.25) is 15.1 Å². The van der Waals surface area contributed by atoms with E-state index in [4.69, 9.17) is 34.8 Å². The molecule has 0 amide bonds. The molecule has 0 aromatic carbocycles. The molecule has 0 aliphatic rings. The van der Waals surface area contributed by atoms with Crippen molar-refractivity contribution >= 4 is 41.9 Å². The normalized spacial score (nSPS) is 14.4. The average Bonchev–Trinajstić information content (AvgIpc) is 3.37. The largest absolute Gasteiger partial charge is 0.436 e. The number of hydrogen-bond donors (Lipinski definition) is 0. The summed E-state index contributed by atoms with van der Waals surface area (Å²) in [7, 11) is -5.61. The number of hydrogen-bond acceptors (Lipinski definition) is 3. The lowest BCUT2D eigenvalue weighted by Gasteiger charge is -2.33. The minimum absolute atomic E-state index is 1.47. The van der Waals surface area contributed by atoms with Gasteiger partial charge in [0.2, 0.25) is 0 Å². The summed E-state index contributed by atoms with van der Waals surface area (Å²) >= 11 is 15.2. The summed E-state index contributed by atoms with van der Waals surface area (Å²) in [5, 5.41) is -1.08. The van der Waals surface area contributed by atoms with Gasteiger partial charge in [-0.25, -0.2) is 15.3 Å². The minimum Gasteiger partial charge on any atom is -0.391 e. The Balaban J connectivity index is 2.74. The van der Waals surface area contributed by atoms with E-state index in [9.17, 15) is 79.0 Å². The maximum absolute atomic E-state index is 13.9. The summed E-state index contributed by atoms with van der Waals surface area (Å²) in [5.74, 6) is 0. The molecule has 0 atom stereocenters. The molecule has 0 radical (unpaired) electrons. The quantitative estimate of drug-likeness (QED) is 0.203. The first-order chi connectivity index (χ1) is 18.9. The lowest BCUT2D eigenvalue weighted by molar-refractivity contribution is -0.144. The second-order valence-electron chi connectivity index (χ2n) is 7.94. The summed E-state index contributed by atoms with van der Waals surface area (Å²) in [4.78, 5) is 0. The highest BCUT2D eigenvalue weighted by Crippen LogP contribution is 2.47. The van der Waals surface area contributed by atoms with Crippen LogP contribution in [0.15, 0.2) is 0 Å². The van der Waals surface area contributed by atoms with E-state index < -0.39 is 107 Å². The zero-order chi connectivity index (χ0) is 33.6. The third-order valence-corrected chi connectivity index (χ3v) is 6.17. The Morgan fingerprint density at radius 2 is 0.558 bits per heavy atom. The van der Waals surface area contributed by atoms with Gasteiger partial charge < -0.3 is 13.8 Å². The van der Waals surface area contributed by atoms with Crippen molar-refractivity contribution in [2.75, 3.05) is 0 Å². The van der Waals surface area contributed by atoms with Gasteiger partial charge in [-0.05, 0) is 0 Å². The van der Waals surface area contributed by atoms with Gasteiger partial charge in [-0.15, -0.1) is 0 Å². The zero-order valence-corrected chi connectivity index (χ0v) is 21.1. The van der Waals surface area contributed by atoms with Crippen LogP contribution >= 0.6 is 34.8 Å². The van der Waals surface area contributed by atoms with Gasteiger partial charge in [0.05, 0.1) is 15.1 Å². The lowest BCUT2D eigenvalue weighted by Crippen LogP contribution is -2.49. The van der Waals surface area contributed by atoms with Crippen LogP contribution in [0.4, 0.5) is 79.0 Å². The van der Waals surface area contributed by atoms with E-state index in [1.165, 1.54) is 0 Å². The van der Waals surface area contributed by atoms with Crippen molar-refractivity contribution in [3.05, 3.63) is 49.2 Å². The second kappa shape index (κ2) is 10.2. The fourth-order valence-corrected chi connectivity index (χ4v) is 4.72. The van der Waals surface area contributed by atoms with E-state index in [2.05, 4.69) is 15.3 Å². The summed E-state index contributed by atoms with van der Waals surface area (Å²) < 4.78 is 242. The maximum Gasteiger partial charge on any atom is 0.436 e. The number of alkyl halides is 18. The Bertz CT molecular complexity index is 1350. The van der Waals surface area contributed by atoms with Gasteiger partial charge in [0, 0.05) is 0 Å². The number of rotatable bonds is 3. The van der Waals surface area contributed by atoms with Crippen molar-refractivity contribution in [3.8, 4) is 0 Å². The van der Waals surface area contributed by atoms with Crippen LogP contribution in [0, 0.1) is 0 Å². The molecular formula is C15HBCl3F18N6-. The first kappa shape index (κ1) is 34.8. The molecule has 0 bridgehead atoms. The van der Waals surface area contributed by atoms with Crippen molar-refractivity contribution in [3.63, 3.8) is 0 Å². The van der Waals surface area contributed by atoms with E-state index in [1.54, 1.807) is 0 Å². The molecule has 6 nitrogen and oxygen atoms in total. The smallest absolute Gasteiger partial charge is 0.391 e. The molecule has 242 valence electrons. The van der Waals surface area contributed by atoms with Crippen molar-refractivity contribution in [1.29, 1.82) is 0 Å².